The van der Waals surface area contributed by atoms with Crippen LogP contribution in [0.4, 0.5) is 4.39 Å². The van der Waals surface area contributed by atoms with Crippen LogP contribution in [-0.4, -0.2) is 30.9 Å². The van der Waals surface area contributed by atoms with Crippen molar-refractivity contribution in [1.29, 1.82) is 0 Å². The first-order valence-electron chi connectivity index (χ1n) is 10.1. The standard InChI is InChI=1S/C23H26FNO5/c1-5-29-22(27)17-12(3)10-16-20(21(17)26)19(14-8-7-9-15(24)11-14)18(13(4)25-16)23(28)30-6-2/h7-9,11-12,17,19,25H,5-6,10H2,1-4H3/t12-,17+,19-/m1/s1. The number of hydrogen-bond donors (Lipinski definition) is 1. The van der Waals surface area contributed by atoms with E-state index in [1.54, 1.807) is 26.8 Å². The third-order valence-corrected chi connectivity index (χ3v) is 5.51. The largest absolute Gasteiger partial charge is 0.465 e. The van der Waals surface area contributed by atoms with E-state index in [1.807, 2.05) is 6.92 Å². The molecule has 0 fully saturated rings. The van der Waals surface area contributed by atoms with E-state index in [0.29, 0.717) is 29.0 Å². The predicted molar refractivity (Wildman–Crippen MR) is 108 cm³/mol. The van der Waals surface area contributed by atoms with Crippen molar-refractivity contribution in [1.82, 2.24) is 5.32 Å². The first-order chi connectivity index (χ1) is 14.3. The first-order valence-corrected chi connectivity index (χ1v) is 10.1. The van der Waals surface area contributed by atoms with Gasteiger partial charge in [-0.3, -0.25) is 9.59 Å². The molecule has 1 aromatic rings. The van der Waals surface area contributed by atoms with Crippen molar-refractivity contribution in [3.8, 4) is 0 Å². The van der Waals surface area contributed by atoms with Crippen molar-refractivity contribution in [2.24, 2.45) is 11.8 Å². The average molecular weight is 415 g/mol. The summed E-state index contributed by atoms with van der Waals surface area (Å²) in [6, 6.07) is 5.80. The zero-order valence-electron chi connectivity index (χ0n) is 17.6. The van der Waals surface area contributed by atoms with Crippen molar-refractivity contribution in [3.63, 3.8) is 0 Å². The monoisotopic (exact) mass is 415 g/mol. The predicted octanol–water partition coefficient (Wildman–Crippen LogP) is 3.39. The zero-order valence-corrected chi connectivity index (χ0v) is 17.6. The number of dihydropyridines is 1. The van der Waals surface area contributed by atoms with Gasteiger partial charge in [0.2, 0.25) is 0 Å². The Balaban J connectivity index is 2.17. The van der Waals surface area contributed by atoms with Crippen molar-refractivity contribution < 1.29 is 28.2 Å². The third kappa shape index (κ3) is 3.88. The van der Waals surface area contributed by atoms with Gasteiger partial charge in [0.15, 0.2) is 5.78 Å². The Morgan fingerprint density at radius 1 is 1.20 bits per heavy atom. The number of Topliss-reactive ketones (excluding diaryl/α,β-unsaturated/α-hetero) is 1. The van der Waals surface area contributed by atoms with Gasteiger partial charge in [0.1, 0.15) is 11.7 Å². The number of benzene rings is 1. The SMILES string of the molecule is CCOC(=O)C1=C(C)NC2=C(C(=O)[C@@H](C(=O)OCC)[C@H](C)C2)[C@@H]1c1cccc(F)c1. The topological polar surface area (TPSA) is 81.7 Å². The molecule has 0 saturated carbocycles. The summed E-state index contributed by atoms with van der Waals surface area (Å²) in [5.41, 5.74) is 2.19. The van der Waals surface area contributed by atoms with Gasteiger partial charge in [0, 0.05) is 22.9 Å². The highest BCUT2D eigenvalue weighted by Crippen LogP contribution is 2.45. The Kier molecular flexibility index (Phi) is 6.39. The van der Waals surface area contributed by atoms with Crippen molar-refractivity contribution in [2.75, 3.05) is 13.2 Å². The van der Waals surface area contributed by atoms with Crippen LogP contribution < -0.4 is 5.32 Å². The number of carbonyl (C=O) groups is 3. The van der Waals surface area contributed by atoms with Gasteiger partial charge < -0.3 is 14.8 Å². The van der Waals surface area contributed by atoms with E-state index in [4.69, 9.17) is 9.47 Å². The molecule has 30 heavy (non-hydrogen) atoms. The summed E-state index contributed by atoms with van der Waals surface area (Å²) in [4.78, 5) is 38.8. The van der Waals surface area contributed by atoms with Gasteiger partial charge in [-0.2, -0.15) is 0 Å². The number of halogens is 1. The molecule has 0 amide bonds. The first kappa shape index (κ1) is 21.7. The lowest BCUT2D eigenvalue weighted by Crippen LogP contribution is -2.43. The smallest absolute Gasteiger partial charge is 0.336 e. The third-order valence-electron chi connectivity index (χ3n) is 5.51. The van der Waals surface area contributed by atoms with Crippen LogP contribution in [0, 0.1) is 17.7 Å². The average Bonchev–Trinajstić information content (AvgIpc) is 2.67. The van der Waals surface area contributed by atoms with Gasteiger partial charge in [-0.1, -0.05) is 19.1 Å². The molecule has 0 aromatic heterocycles. The molecular formula is C23H26FNO5. The van der Waals surface area contributed by atoms with E-state index in [-0.39, 0.29) is 24.7 Å². The summed E-state index contributed by atoms with van der Waals surface area (Å²) < 4.78 is 24.4. The maximum absolute atomic E-state index is 14.1. The quantitative estimate of drug-likeness (QED) is 0.586. The fourth-order valence-corrected chi connectivity index (χ4v) is 4.28. The van der Waals surface area contributed by atoms with Crippen LogP contribution in [-0.2, 0) is 23.9 Å². The molecular weight excluding hydrogens is 389 g/mol. The molecule has 3 atom stereocenters. The summed E-state index contributed by atoms with van der Waals surface area (Å²) in [6.07, 6.45) is 0.434. The van der Waals surface area contributed by atoms with E-state index in [9.17, 15) is 18.8 Å². The maximum atomic E-state index is 14.1. The summed E-state index contributed by atoms with van der Waals surface area (Å²) in [7, 11) is 0. The molecule has 1 aliphatic carbocycles. The minimum absolute atomic E-state index is 0.161. The van der Waals surface area contributed by atoms with Gasteiger partial charge >= 0.3 is 11.9 Å². The van der Waals surface area contributed by atoms with Crippen LogP contribution in [0.1, 0.15) is 45.6 Å². The normalized spacial score (nSPS) is 23.6. The summed E-state index contributed by atoms with van der Waals surface area (Å²) in [6.45, 7) is 7.25. The molecule has 3 rings (SSSR count). The van der Waals surface area contributed by atoms with E-state index in [0.717, 1.165) is 0 Å². The number of allylic oxidation sites excluding steroid dienone is 3. The Labute approximate surface area is 175 Å². The lowest BCUT2D eigenvalue weighted by Gasteiger charge is -2.38. The molecule has 6 nitrogen and oxygen atoms in total. The van der Waals surface area contributed by atoms with Gasteiger partial charge in [0.05, 0.1) is 18.8 Å². The minimum atomic E-state index is -0.969. The van der Waals surface area contributed by atoms with Gasteiger partial charge in [-0.05, 0) is 50.8 Å². The molecule has 7 heteroatoms. The molecule has 1 aromatic carbocycles. The molecule has 1 N–H and O–H groups in total. The van der Waals surface area contributed by atoms with Crippen LogP contribution in [0.5, 0.6) is 0 Å². The second-order valence-electron chi connectivity index (χ2n) is 7.54. The Morgan fingerprint density at radius 2 is 1.90 bits per heavy atom. The highest BCUT2D eigenvalue weighted by Gasteiger charge is 2.47. The molecule has 0 spiro atoms. The van der Waals surface area contributed by atoms with Gasteiger partial charge in [0.25, 0.3) is 0 Å². The fourth-order valence-electron chi connectivity index (χ4n) is 4.28. The molecule has 0 saturated heterocycles. The Hall–Kier alpha value is -2.96. The number of rotatable bonds is 5. The number of carbonyl (C=O) groups excluding carboxylic acids is 3. The number of ketones is 1. The van der Waals surface area contributed by atoms with Crippen LogP contribution in [0.25, 0.3) is 0 Å². The van der Waals surface area contributed by atoms with Gasteiger partial charge in [-0.25, -0.2) is 9.18 Å². The Bertz CT molecular complexity index is 949. The second-order valence-corrected chi connectivity index (χ2v) is 7.54. The summed E-state index contributed by atoms with van der Waals surface area (Å²) in [5, 5.41) is 3.17. The molecule has 1 aliphatic heterocycles. The molecule has 160 valence electrons. The van der Waals surface area contributed by atoms with E-state index >= 15 is 0 Å². The molecule has 0 radical (unpaired) electrons. The number of nitrogens with one attached hydrogen (secondary N) is 1. The highest BCUT2D eigenvalue weighted by atomic mass is 19.1. The molecule has 2 aliphatic rings. The van der Waals surface area contributed by atoms with Crippen LogP contribution >= 0.6 is 0 Å². The molecule has 1 heterocycles. The zero-order chi connectivity index (χ0) is 22.0. The highest BCUT2D eigenvalue weighted by molar-refractivity contribution is 6.12. The summed E-state index contributed by atoms with van der Waals surface area (Å²) in [5.74, 6) is -4.11. The van der Waals surface area contributed by atoms with E-state index < -0.39 is 35.4 Å². The van der Waals surface area contributed by atoms with Crippen molar-refractivity contribution in [2.45, 2.75) is 40.0 Å². The lowest BCUT2D eigenvalue weighted by atomic mass is 9.69. The Morgan fingerprint density at radius 3 is 2.53 bits per heavy atom. The van der Waals surface area contributed by atoms with Crippen molar-refractivity contribution in [3.05, 3.63) is 58.2 Å². The van der Waals surface area contributed by atoms with Crippen LogP contribution in [0.15, 0.2) is 46.8 Å². The van der Waals surface area contributed by atoms with Crippen molar-refractivity contribution >= 4 is 17.7 Å². The molecule has 0 bridgehead atoms. The number of ether oxygens (including phenoxy) is 2. The second kappa shape index (κ2) is 8.81. The van der Waals surface area contributed by atoms with Crippen LogP contribution in [0.2, 0.25) is 0 Å². The summed E-state index contributed by atoms with van der Waals surface area (Å²) >= 11 is 0. The fraction of sp³-hybridized carbons (Fsp3) is 0.435. The maximum Gasteiger partial charge on any atom is 0.336 e. The van der Waals surface area contributed by atoms with Crippen LogP contribution in [0.3, 0.4) is 0 Å². The number of hydrogen-bond acceptors (Lipinski definition) is 6. The minimum Gasteiger partial charge on any atom is -0.465 e. The van der Waals surface area contributed by atoms with E-state index in [2.05, 4.69) is 5.32 Å². The molecule has 0 unspecified atom stereocenters. The lowest BCUT2D eigenvalue weighted by molar-refractivity contribution is -0.153. The van der Waals surface area contributed by atoms with E-state index in [1.165, 1.54) is 18.2 Å². The number of esters is 2. The van der Waals surface area contributed by atoms with Gasteiger partial charge in [-0.15, -0.1) is 0 Å².